The Hall–Kier alpha value is -0.680. The van der Waals surface area contributed by atoms with Crippen LogP contribution in [0.3, 0.4) is 0 Å². The van der Waals surface area contributed by atoms with E-state index in [2.05, 4.69) is 0 Å². The third kappa shape index (κ3) is 1.66. The molecule has 0 atom stereocenters. The van der Waals surface area contributed by atoms with E-state index in [0.29, 0.717) is 0 Å². The maximum absolute atomic E-state index is 10.4. The first kappa shape index (κ1) is 10.3. The summed E-state index contributed by atoms with van der Waals surface area (Å²) in [6.07, 6.45) is 0. The zero-order chi connectivity index (χ0) is 9.07. The lowest BCUT2D eigenvalue weighted by Gasteiger charge is -2.24. The molecule has 66 valence electrons. The van der Waals surface area contributed by atoms with E-state index in [1.807, 2.05) is 0 Å². The fraction of sp³-hybridized carbons (Fsp3) is 1.00. The monoisotopic (exact) mass is 163 g/mol. The molecule has 0 aliphatic heterocycles. The van der Waals surface area contributed by atoms with Crippen LogP contribution in [0.2, 0.25) is 0 Å². The van der Waals surface area contributed by atoms with Gasteiger partial charge in [0.05, 0.1) is 0 Å². The van der Waals surface area contributed by atoms with Crippen LogP contribution < -0.4 is 0 Å². The highest BCUT2D eigenvalue weighted by atomic mass is 16.6. The Balaban J connectivity index is 4.61. The van der Waals surface area contributed by atoms with Gasteiger partial charge in [0.15, 0.2) is 0 Å². The quantitative estimate of drug-likeness (QED) is 0.438. The van der Waals surface area contributed by atoms with Crippen LogP contribution in [0.25, 0.3) is 0 Å². The molecule has 5 heteroatoms. The minimum atomic E-state index is -1.58. The van der Waals surface area contributed by atoms with Gasteiger partial charge in [-0.1, -0.05) is 13.8 Å². The van der Waals surface area contributed by atoms with Crippen molar-refractivity contribution in [1.29, 1.82) is 0 Å². The molecule has 0 rings (SSSR count). The highest BCUT2D eigenvalue weighted by Gasteiger charge is 2.45. The minimum Gasteiger partial charge on any atom is -0.389 e. The lowest BCUT2D eigenvalue weighted by atomic mass is 9.89. The molecule has 0 radical (unpaired) electrons. The molecule has 0 saturated heterocycles. The van der Waals surface area contributed by atoms with Crippen molar-refractivity contribution >= 4 is 0 Å². The fourth-order valence-electron chi connectivity index (χ4n) is 0.741. The molecule has 0 bridgehead atoms. The van der Waals surface area contributed by atoms with Gasteiger partial charge >= 0.3 is 0 Å². The van der Waals surface area contributed by atoms with Gasteiger partial charge < -0.3 is 10.2 Å². The molecule has 0 aromatic carbocycles. The van der Waals surface area contributed by atoms with Crippen LogP contribution in [-0.2, 0) is 0 Å². The molecule has 0 aromatic heterocycles. The van der Waals surface area contributed by atoms with Crippen LogP contribution in [0.5, 0.6) is 0 Å². The molecule has 0 spiro atoms. The number of aliphatic hydroxyl groups excluding tert-OH is 2. The van der Waals surface area contributed by atoms with Crippen LogP contribution >= 0.6 is 0 Å². The minimum absolute atomic E-state index is 0.382. The number of nitrogens with zero attached hydrogens (tertiary/aromatic N) is 1. The Labute approximate surface area is 64.8 Å². The molecular weight excluding hydrogens is 150 g/mol. The van der Waals surface area contributed by atoms with E-state index in [-0.39, 0.29) is 5.92 Å². The first-order chi connectivity index (χ1) is 5.01. The van der Waals surface area contributed by atoms with E-state index in [1.54, 1.807) is 13.8 Å². The summed E-state index contributed by atoms with van der Waals surface area (Å²) in [5, 5.41) is 27.8. The SMILES string of the molecule is CC(C)C(CO)(CO)[N+](=O)[O-]. The first-order valence-electron chi connectivity index (χ1n) is 3.37. The molecule has 0 heterocycles. The van der Waals surface area contributed by atoms with Gasteiger partial charge in [-0.05, 0) is 0 Å². The zero-order valence-electron chi connectivity index (χ0n) is 6.65. The van der Waals surface area contributed by atoms with Crippen molar-refractivity contribution in [3.05, 3.63) is 10.1 Å². The van der Waals surface area contributed by atoms with E-state index < -0.39 is 23.7 Å². The number of aliphatic hydroxyl groups is 2. The van der Waals surface area contributed by atoms with E-state index in [1.165, 1.54) is 0 Å². The second kappa shape index (κ2) is 3.64. The van der Waals surface area contributed by atoms with Crippen LogP contribution in [0, 0.1) is 16.0 Å². The summed E-state index contributed by atoms with van der Waals surface area (Å²) in [6, 6.07) is 0. The Morgan fingerprint density at radius 1 is 1.45 bits per heavy atom. The van der Waals surface area contributed by atoms with E-state index in [0.717, 1.165) is 0 Å². The number of hydrogen-bond acceptors (Lipinski definition) is 4. The van der Waals surface area contributed by atoms with Crippen molar-refractivity contribution in [2.45, 2.75) is 19.4 Å². The Bertz CT molecular complexity index is 142. The van der Waals surface area contributed by atoms with E-state index >= 15 is 0 Å². The normalized spacial score (nSPS) is 12.1. The summed E-state index contributed by atoms with van der Waals surface area (Å²) in [5.41, 5.74) is -1.58. The molecule has 2 N–H and O–H groups in total. The molecule has 5 nitrogen and oxygen atoms in total. The molecule has 11 heavy (non-hydrogen) atoms. The van der Waals surface area contributed by atoms with Gasteiger partial charge in [-0.15, -0.1) is 0 Å². The van der Waals surface area contributed by atoms with Crippen molar-refractivity contribution in [2.24, 2.45) is 5.92 Å². The van der Waals surface area contributed by atoms with E-state index in [9.17, 15) is 10.1 Å². The zero-order valence-corrected chi connectivity index (χ0v) is 6.65. The third-order valence-corrected chi connectivity index (χ3v) is 1.99. The molecule has 0 amide bonds. The van der Waals surface area contributed by atoms with Crippen molar-refractivity contribution in [3.8, 4) is 0 Å². The predicted molar refractivity (Wildman–Crippen MR) is 38.7 cm³/mol. The molecule has 0 aromatic rings. The van der Waals surface area contributed by atoms with E-state index in [4.69, 9.17) is 10.2 Å². The summed E-state index contributed by atoms with van der Waals surface area (Å²) in [7, 11) is 0. The smallest absolute Gasteiger partial charge is 0.269 e. The highest BCUT2D eigenvalue weighted by Crippen LogP contribution is 2.19. The number of hydrogen-bond donors (Lipinski definition) is 2. The maximum Gasteiger partial charge on any atom is 0.269 e. The van der Waals surface area contributed by atoms with Crippen LogP contribution in [0.4, 0.5) is 0 Å². The number of rotatable bonds is 4. The first-order valence-corrected chi connectivity index (χ1v) is 3.37. The van der Waals surface area contributed by atoms with Gasteiger partial charge in [-0.25, -0.2) is 0 Å². The Morgan fingerprint density at radius 2 is 1.82 bits per heavy atom. The summed E-state index contributed by atoms with van der Waals surface area (Å²) >= 11 is 0. The average molecular weight is 163 g/mol. The summed E-state index contributed by atoms with van der Waals surface area (Å²) in [6.45, 7) is 1.92. The van der Waals surface area contributed by atoms with Gasteiger partial charge in [-0.3, -0.25) is 10.1 Å². The van der Waals surface area contributed by atoms with Gasteiger partial charge in [-0.2, -0.15) is 0 Å². The predicted octanol–water partition coefficient (Wildman–Crippen LogP) is -0.357. The molecule has 0 aliphatic carbocycles. The molecule has 0 unspecified atom stereocenters. The third-order valence-electron chi connectivity index (χ3n) is 1.99. The number of nitro groups is 1. The fourth-order valence-corrected chi connectivity index (χ4v) is 0.741. The van der Waals surface area contributed by atoms with Crippen LogP contribution in [0.1, 0.15) is 13.8 Å². The maximum atomic E-state index is 10.4. The van der Waals surface area contributed by atoms with Gasteiger partial charge in [0.2, 0.25) is 0 Å². The largest absolute Gasteiger partial charge is 0.389 e. The summed E-state index contributed by atoms with van der Waals surface area (Å²) < 4.78 is 0. The molecule has 0 saturated carbocycles. The standard InChI is InChI=1S/C6H13NO4/c1-5(2)6(3-8,4-9)7(10)11/h5,8-9H,3-4H2,1-2H3. The molecule has 0 aliphatic rings. The van der Waals surface area contributed by atoms with Crippen LogP contribution in [0.15, 0.2) is 0 Å². The Morgan fingerprint density at radius 3 is 1.82 bits per heavy atom. The van der Waals surface area contributed by atoms with Crippen molar-refractivity contribution in [2.75, 3.05) is 13.2 Å². The van der Waals surface area contributed by atoms with Gasteiger partial charge in [0.1, 0.15) is 13.2 Å². The van der Waals surface area contributed by atoms with Gasteiger partial charge in [0.25, 0.3) is 5.54 Å². The second-order valence-electron chi connectivity index (χ2n) is 2.83. The van der Waals surface area contributed by atoms with Crippen molar-refractivity contribution in [1.82, 2.24) is 0 Å². The van der Waals surface area contributed by atoms with Crippen LogP contribution in [-0.4, -0.2) is 33.9 Å². The summed E-state index contributed by atoms with van der Waals surface area (Å²) in [5.74, 6) is -0.382. The molecular formula is C6H13NO4. The summed E-state index contributed by atoms with van der Waals surface area (Å²) in [4.78, 5) is 9.78. The molecule has 0 fully saturated rings. The van der Waals surface area contributed by atoms with Crippen molar-refractivity contribution < 1.29 is 15.1 Å². The second-order valence-corrected chi connectivity index (χ2v) is 2.83. The average Bonchev–Trinajstić information content (AvgIpc) is 1.90. The Kier molecular flexibility index (Phi) is 3.41. The lowest BCUT2D eigenvalue weighted by Crippen LogP contribution is -2.50. The highest BCUT2D eigenvalue weighted by molar-refractivity contribution is 4.80. The van der Waals surface area contributed by atoms with Gasteiger partial charge in [0, 0.05) is 10.8 Å². The lowest BCUT2D eigenvalue weighted by molar-refractivity contribution is -0.586. The van der Waals surface area contributed by atoms with Crippen molar-refractivity contribution in [3.63, 3.8) is 0 Å². The topological polar surface area (TPSA) is 83.6 Å².